The van der Waals surface area contributed by atoms with Crippen molar-refractivity contribution in [3.8, 4) is 0 Å². The number of nitrogens with one attached hydrogen (secondary N) is 1. The summed E-state index contributed by atoms with van der Waals surface area (Å²) in [7, 11) is 1.88. The van der Waals surface area contributed by atoms with E-state index in [1.54, 1.807) is 11.8 Å². The molecular formula is C13H13ClN2S. The molecule has 1 aromatic carbocycles. The molecule has 0 aliphatic carbocycles. The van der Waals surface area contributed by atoms with E-state index in [0.29, 0.717) is 0 Å². The highest BCUT2D eigenvalue weighted by molar-refractivity contribution is 7.98. The molecule has 88 valence electrons. The molecule has 0 saturated carbocycles. The summed E-state index contributed by atoms with van der Waals surface area (Å²) in [6.45, 7) is 0. The maximum atomic E-state index is 6.19. The van der Waals surface area contributed by atoms with Gasteiger partial charge >= 0.3 is 0 Å². The van der Waals surface area contributed by atoms with Crippen LogP contribution >= 0.6 is 23.4 Å². The third-order valence-electron chi connectivity index (χ3n) is 2.32. The molecule has 0 aliphatic heterocycles. The minimum absolute atomic E-state index is 0.776. The highest BCUT2D eigenvalue weighted by Crippen LogP contribution is 2.31. The lowest BCUT2D eigenvalue weighted by Crippen LogP contribution is -1.88. The number of nitrogens with zero attached hydrogens (tertiary/aromatic N) is 1. The van der Waals surface area contributed by atoms with Crippen LogP contribution in [0.1, 0.15) is 5.69 Å². The number of pyridine rings is 1. The fourth-order valence-corrected chi connectivity index (χ4v) is 2.59. The molecule has 0 fully saturated rings. The Bertz CT molecular complexity index is 488. The van der Waals surface area contributed by atoms with Gasteiger partial charge in [0, 0.05) is 29.6 Å². The molecular weight excluding hydrogens is 252 g/mol. The van der Waals surface area contributed by atoms with Crippen LogP contribution in [0.25, 0.3) is 0 Å². The van der Waals surface area contributed by atoms with Crippen LogP contribution in [-0.4, -0.2) is 12.0 Å². The Balaban J connectivity index is 2.04. The molecule has 1 heterocycles. The van der Waals surface area contributed by atoms with E-state index >= 15 is 0 Å². The van der Waals surface area contributed by atoms with E-state index in [0.717, 1.165) is 27.1 Å². The van der Waals surface area contributed by atoms with Gasteiger partial charge in [0.15, 0.2) is 0 Å². The Morgan fingerprint density at radius 2 is 2.18 bits per heavy atom. The lowest BCUT2D eigenvalue weighted by Gasteiger charge is -2.06. The number of thioether (sulfide) groups is 1. The van der Waals surface area contributed by atoms with Gasteiger partial charge in [-0.15, -0.1) is 11.8 Å². The molecule has 0 spiro atoms. The second kappa shape index (κ2) is 5.94. The first-order chi connectivity index (χ1) is 8.29. The Morgan fingerprint density at radius 1 is 1.29 bits per heavy atom. The second-order valence-corrected chi connectivity index (χ2v) is 4.93. The van der Waals surface area contributed by atoms with Crippen LogP contribution in [0.2, 0.25) is 5.02 Å². The molecule has 0 saturated heterocycles. The number of halogens is 1. The summed E-state index contributed by atoms with van der Waals surface area (Å²) in [4.78, 5) is 5.36. The summed E-state index contributed by atoms with van der Waals surface area (Å²) in [6, 6.07) is 11.9. The first-order valence-electron chi connectivity index (χ1n) is 5.29. The quantitative estimate of drug-likeness (QED) is 0.843. The van der Waals surface area contributed by atoms with Crippen LogP contribution in [0.3, 0.4) is 0 Å². The van der Waals surface area contributed by atoms with Crippen LogP contribution in [0.5, 0.6) is 0 Å². The van der Waals surface area contributed by atoms with Crippen LogP contribution in [0.4, 0.5) is 5.69 Å². The smallest absolute Gasteiger partial charge is 0.0562 e. The number of aromatic nitrogens is 1. The fraction of sp³-hybridized carbons (Fsp3) is 0.154. The molecule has 2 nitrogen and oxygen atoms in total. The zero-order valence-electron chi connectivity index (χ0n) is 9.48. The van der Waals surface area contributed by atoms with Gasteiger partial charge < -0.3 is 5.32 Å². The maximum Gasteiger partial charge on any atom is 0.0562 e. The predicted octanol–water partition coefficient (Wildman–Crippen LogP) is 4.07. The van der Waals surface area contributed by atoms with Gasteiger partial charge in [0.05, 0.1) is 10.7 Å². The molecule has 0 amide bonds. The molecule has 4 heteroatoms. The summed E-state index contributed by atoms with van der Waals surface area (Å²) < 4.78 is 0. The molecule has 17 heavy (non-hydrogen) atoms. The molecule has 0 atom stereocenters. The van der Waals surface area contributed by atoms with E-state index in [2.05, 4.69) is 10.3 Å². The summed E-state index contributed by atoms with van der Waals surface area (Å²) in [5, 5.41) is 3.84. The first-order valence-corrected chi connectivity index (χ1v) is 6.66. The molecule has 0 bridgehead atoms. The normalized spacial score (nSPS) is 10.2. The molecule has 0 aliphatic rings. The van der Waals surface area contributed by atoms with Gasteiger partial charge in [0.25, 0.3) is 0 Å². The van der Waals surface area contributed by atoms with E-state index in [1.807, 2.05) is 49.6 Å². The van der Waals surface area contributed by atoms with Gasteiger partial charge in [-0.3, -0.25) is 4.98 Å². The maximum absolute atomic E-state index is 6.19. The van der Waals surface area contributed by atoms with Crippen molar-refractivity contribution in [2.24, 2.45) is 0 Å². The lowest BCUT2D eigenvalue weighted by atomic mass is 10.3. The Kier molecular flexibility index (Phi) is 4.29. The van der Waals surface area contributed by atoms with Crippen LogP contribution in [-0.2, 0) is 5.75 Å². The number of hydrogen-bond acceptors (Lipinski definition) is 3. The van der Waals surface area contributed by atoms with Crippen molar-refractivity contribution in [3.63, 3.8) is 0 Å². The molecule has 1 N–H and O–H groups in total. The third-order valence-corrected chi connectivity index (χ3v) is 3.85. The first kappa shape index (κ1) is 12.3. The van der Waals surface area contributed by atoms with E-state index in [4.69, 9.17) is 11.6 Å². The van der Waals surface area contributed by atoms with E-state index in [1.165, 1.54) is 0 Å². The summed E-state index contributed by atoms with van der Waals surface area (Å²) in [5.41, 5.74) is 2.09. The van der Waals surface area contributed by atoms with Crippen molar-refractivity contribution in [3.05, 3.63) is 53.3 Å². The summed E-state index contributed by atoms with van der Waals surface area (Å²) in [5.74, 6) is 0.833. The van der Waals surface area contributed by atoms with Gasteiger partial charge in [-0.05, 0) is 30.3 Å². The standard InChI is InChI=1S/C13H13ClN2S/c1-15-10-5-6-13(12(14)8-10)17-9-11-4-2-3-7-16-11/h2-8,15H,9H2,1H3. The minimum atomic E-state index is 0.776. The van der Waals surface area contributed by atoms with Gasteiger partial charge in [0.2, 0.25) is 0 Å². The molecule has 2 rings (SSSR count). The average Bonchev–Trinajstić information content (AvgIpc) is 2.38. The predicted molar refractivity (Wildman–Crippen MR) is 74.8 cm³/mol. The van der Waals surface area contributed by atoms with Gasteiger partial charge in [0.1, 0.15) is 0 Å². The topological polar surface area (TPSA) is 24.9 Å². The summed E-state index contributed by atoms with van der Waals surface area (Å²) >= 11 is 7.89. The number of hydrogen-bond donors (Lipinski definition) is 1. The van der Waals surface area contributed by atoms with Crippen molar-refractivity contribution in [2.45, 2.75) is 10.6 Å². The van der Waals surface area contributed by atoms with E-state index in [-0.39, 0.29) is 0 Å². The average molecular weight is 265 g/mol. The number of rotatable bonds is 4. The van der Waals surface area contributed by atoms with Crippen LogP contribution in [0.15, 0.2) is 47.5 Å². The van der Waals surface area contributed by atoms with Gasteiger partial charge in [-0.25, -0.2) is 0 Å². The zero-order valence-corrected chi connectivity index (χ0v) is 11.1. The van der Waals surface area contributed by atoms with E-state index < -0.39 is 0 Å². The van der Waals surface area contributed by atoms with Crippen LogP contribution in [0, 0.1) is 0 Å². The van der Waals surface area contributed by atoms with Crippen molar-refractivity contribution in [2.75, 3.05) is 12.4 Å². The number of benzene rings is 1. The van der Waals surface area contributed by atoms with Crippen molar-refractivity contribution < 1.29 is 0 Å². The van der Waals surface area contributed by atoms with Gasteiger partial charge in [-0.2, -0.15) is 0 Å². The van der Waals surface area contributed by atoms with Gasteiger partial charge in [-0.1, -0.05) is 17.7 Å². The summed E-state index contributed by atoms with van der Waals surface area (Å²) in [6.07, 6.45) is 1.81. The SMILES string of the molecule is CNc1ccc(SCc2ccccn2)c(Cl)c1. The third kappa shape index (κ3) is 3.38. The monoisotopic (exact) mass is 264 g/mol. The van der Waals surface area contributed by atoms with Crippen LogP contribution < -0.4 is 5.32 Å². The highest BCUT2D eigenvalue weighted by Gasteiger charge is 2.03. The van der Waals surface area contributed by atoms with Crippen molar-refractivity contribution in [1.82, 2.24) is 4.98 Å². The molecule has 0 unspecified atom stereocenters. The number of anilines is 1. The Hall–Kier alpha value is -1.19. The molecule has 1 aromatic heterocycles. The fourth-order valence-electron chi connectivity index (χ4n) is 1.41. The van der Waals surface area contributed by atoms with E-state index in [9.17, 15) is 0 Å². The van der Waals surface area contributed by atoms with Crippen molar-refractivity contribution >= 4 is 29.1 Å². The Labute approximate surface area is 110 Å². The molecule has 2 aromatic rings. The molecule has 0 radical (unpaired) electrons. The largest absolute Gasteiger partial charge is 0.388 e. The van der Waals surface area contributed by atoms with Crippen molar-refractivity contribution in [1.29, 1.82) is 0 Å². The highest BCUT2D eigenvalue weighted by atomic mass is 35.5. The minimum Gasteiger partial charge on any atom is -0.388 e. The second-order valence-electron chi connectivity index (χ2n) is 3.50. The Morgan fingerprint density at radius 3 is 2.82 bits per heavy atom. The lowest BCUT2D eigenvalue weighted by molar-refractivity contribution is 1.17. The zero-order chi connectivity index (χ0) is 12.1.